The van der Waals surface area contributed by atoms with Gasteiger partial charge in [-0.3, -0.25) is 0 Å². The lowest BCUT2D eigenvalue weighted by Crippen LogP contribution is -2.25. The molecule has 0 amide bonds. The second-order valence-electron chi connectivity index (χ2n) is 6.26. The Morgan fingerprint density at radius 3 is 2.40 bits per heavy atom. The first-order chi connectivity index (χ1) is 9.93. The van der Waals surface area contributed by atoms with Gasteiger partial charge in [0.25, 0.3) is 0 Å². The Morgan fingerprint density at radius 1 is 0.950 bits per heavy atom. The number of nitrogens with one attached hydrogen (secondary N) is 1. The highest BCUT2D eigenvalue weighted by Crippen LogP contribution is 2.28. The highest BCUT2D eigenvalue weighted by molar-refractivity contribution is 5.66. The van der Waals surface area contributed by atoms with Gasteiger partial charge in [-0.2, -0.15) is 0 Å². The average molecular weight is 273 g/mol. The molecule has 0 spiro atoms. The summed E-state index contributed by atoms with van der Waals surface area (Å²) in [6.45, 7) is 2.33. The zero-order chi connectivity index (χ0) is 13.6. The van der Waals surface area contributed by atoms with Gasteiger partial charge in [0.15, 0.2) is 5.82 Å². The fraction of sp³-hybridized carbons (Fsp3) is 0.706. The summed E-state index contributed by atoms with van der Waals surface area (Å²) >= 11 is 0. The summed E-state index contributed by atoms with van der Waals surface area (Å²) < 4.78 is 0. The summed E-state index contributed by atoms with van der Waals surface area (Å²) in [6, 6.07) is 4.91. The monoisotopic (exact) mass is 273 g/mol. The van der Waals surface area contributed by atoms with Crippen LogP contribution in [0.2, 0.25) is 0 Å². The van der Waals surface area contributed by atoms with Crippen LogP contribution in [0, 0.1) is 0 Å². The molecule has 110 valence electrons. The van der Waals surface area contributed by atoms with Gasteiger partial charge in [-0.25, -0.2) is 4.98 Å². The number of nitrogens with zero attached hydrogens (tertiary/aromatic N) is 2. The van der Waals surface area contributed by atoms with Gasteiger partial charge in [0.05, 0.1) is 5.69 Å². The maximum absolute atomic E-state index is 4.63. The smallest absolute Gasteiger partial charge is 0.151 e. The summed E-state index contributed by atoms with van der Waals surface area (Å²) in [4.78, 5) is 7.07. The lowest BCUT2D eigenvalue weighted by atomic mass is 9.96. The predicted molar refractivity (Wildman–Crippen MR) is 85.4 cm³/mol. The third kappa shape index (κ3) is 3.44. The van der Waals surface area contributed by atoms with Crippen molar-refractivity contribution in [1.82, 2.24) is 4.98 Å². The van der Waals surface area contributed by atoms with Crippen molar-refractivity contribution in [3.63, 3.8) is 0 Å². The minimum absolute atomic E-state index is 0.640. The van der Waals surface area contributed by atoms with Gasteiger partial charge in [0.1, 0.15) is 0 Å². The summed E-state index contributed by atoms with van der Waals surface area (Å²) in [5.74, 6) is 1.17. The van der Waals surface area contributed by atoms with E-state index in [1.807, 2.05) is 6.20 Å². The summed E-state index contributed by atoms with van der Waals surface area (Å²) in [5.41, 5.74) is 1.25. The van der Waals surface area contributed by atoms with Crippen LogP contribution in [0.1, 0.15) is 57.8 Å². The van der Waals surface area contributed by atoms with Gasteiger partial charge in [0, 0.05) is 25.3 Å². The molecule has 1 aliphatic carbocycles. The minimum Gasteiger partial charge on any atom is -0.379 e. The van der Waals surface area contributed by atoms with Crippen LogP contribution in [0.25, 0.3) is 0 Å². The fourth-order valence-corrected chi connectivity index (χ4v) is 3.51. The number of anilines is 2. The van der Waals surface area contributed by atoms with E-state index in [4.69, 9.17) is 0 Å². The van der Waals surface area contributed by atoms with Crippen LogP contribution in [-0.2, 0) is 0 Å². The molecule has 3 nitrogen and oxygen atoms in total. The van der Waals surface area contributed by atoms with Crippen molar-refractivity contribution < 1.29 is 0 Å². The number of pyridine rings is 1. The van der Waals surface area contributed by atoms with Gasteiger partial charge in [-0.05, 0) is 37.8 Å². The van der Waals surface area contributed by atoms with Crippen molar-refractivity contribution in [3.05, 3.63) is 18.3 Å². The van der Waals surface area contributed by atoms with Gasteiger partial charge in [-0.15, -0.1) is 0 Å². The molecule has 1 saturated carbocycles. The molecule has 20 heavy (non-hydrogen) atoms. The Bertz CT molecular complexity index is 404. The van der Waals surface area contributed by atoms with E-state index < -0.39 is 0 Å². The lowest BCUT2D eigenvalue weighted by Gasteiger charge is -2.26. The van der Waals surface area contributed by atoms with Crippen molar-refractivity contribution in [2.75, 3.05) is 23.3 Å². The Labute approximate surface area is 122 Å². The summed E-state index contributed by atoms with van der Waals surface area (Å²) in [5, 5.41) is 3.79. The van der Waals surface area contributed by atoms with Crippen LogP contribution in [0.4, 0.5) is 11.5 Å². The van der Waals surface area contributed by atoms with Crippen LogP contribution in [0.15, 0.2) is 18.3 Å². The molecule has 1 N–H and O–H groups in total. The molecule has 0 radical (unpaired) electrons. The maximum atomic E-state index is 4.63. The van der Waals surface area contributed by atoms with Crippen molar-refractivity contribution in [3.8, 4) is 0 Å². The van der Waals surface area contributed by atoms with E-state index in [-0.39, 0.29) is 0 Å². The number of hydrogen-bond donors (Lipinski definition) is 1. The Balaban J connectivity index is 1.69. The number of aromatic nitrogens is 1. The maximum Gasteiger partial charge on any atom is 0.151 e. The molecule has 3 rings (SSSR count). The molecule has 1 aromatic rings. The molecule has 1 aliphatic heterocycles. The van der Waals surface area contributed by atoms with Crippen molar-refractivity contribution in [2.24, 2.45) is 0 Å². The van der Waals surface area contributed by atoms with E-state index in [0.29, 0.717) is 6.04 Å². The van der Waals surface area contributed by atoms with Crippen molar-refractivity contribution in [1.29, 1.82) is 0 Å². The third-order valence-electron chi connectivity index (χ3n) is 4.66. The van der Waals surface area contributed by atoms with Gasteiger partial charge < -0.3 is 10.2 Å². The zero-order valence-corrected chi connectivity index (χ0v) is 12.5. The van der Waals surface area contributed by atoms with E-state index in [1.165, 1.54) is 69.3 Å². The number of hydrogen-bond acceptors (Lipinski definition) is 3. The summed E-state index contributed by atoms with van der Waals surface area (Å²) in [6.07, 6.45) is 14.2. The molecule has 2 heterocycles. The molecular formula is C17H27N3. The van der Waals surface area contributed by atoms with Crippen molar-refractivity contribution in [2.45, 2.75) is 63.8 Å². The molecule has 0 atom stereocenters. The number of rotatable bonds is 3. The lowest BCUT2D eigenvalue weighted by molar-refractivity contribution is 0.471. The molecule has 1 aromatic heterocycles. The highest BCUT2D eigenvalue weighted by Gasteiger charge is 2.19. The van der Waals surface area contributed by atoms with Gasteiger partial charge in [0.2, 0.25) is 0 Å². The van der Waals surface area contributed by atoms with Crippen LogP contribution >= 0.6 is 0 Å². The van der Waals surface area contributed by atoms with Crippen LogP contribution in [-0.4, -0.2) is 24.1 Å². The second-order valence-corrected chi connectivity index (χ2v) is 6.26. The van der Waals surface area contributed by atoms with Crippen molar-refractivity contribution >= 4 is 11.5 Å². The van der Waals surface area contributed by atoms with Crippen LogP contribution in [0.3, 0.4) is 0 Å². The largest absolute Gasteiger partial charge is 0.379 e. The highest BCUT2D eigenvalue weighted by atomic mass is 15.2. The fourth-order valence-electron chi connectivity index (χ4n) is 3.51. The second kappa shape index (κ2) is 6.96. The van der Waals surface area contributed by atoms with E-state index in [0.717, 1.165) is 13.1 Å². The van der Waals surface area contributed by atoms with Gasteiger partial charge in [-0.1, -0.05) is 32.1 Å². The first kappa shape index (κ1) is 13.7. The van der Waals surface area contributed by atoms with E-state index >= 15 is 0 Å². The average Bonchev–Trinajstić information content (AvgIpc) is 2.96. The normalized spacial score (nSPS) is 21.5. The third-order valence-corrected chi connectivity index (χ3v) is 4.66. The molecule has 2 fully saturated rings. The standard InChI is InChI=1S/C17H27N3/c1-2-4-9-15(10-5-3-1)19-16-11-8-12-18-17(16)20-13-6-7-14-20/h8,11-12,15,19H,1-7,9-10,13-14H2. The predicted octanol–water partition coefficient (Wildman–Crippen LogP) is 4.21. The quantitative estimate of drug-likeness (QED) is 0.894. The van der Waals surface area contributed by atoms with E-state index in [9.17, 15) is 0 Å². The molecule has 3 heteroatoms. The van der Waals surface area contributed by atoms with Crippen LogP contribution < -0.4 is 10.2 Å². The Kier molecular flexibility index (Phi) is 4.77. The molecule has 0 unspecified atom stereocenters. The molecular weight excluding hydrogens is 246 g/mol. The topological polar surface area (TPSA) is 28.2 Å². The first-order valence-corrected chi connectivity index (χ1v) is 8.40. The molecule has 0 bridgehead atoms. The first-order valence-electron chi connectivity index (χ1n) is 8.40. The van der Waals surface area contributed by atoms with Gasteiger partial charge >= 0.3 is 0 Å². The zero-order valence-electron chi connectivity index (χ0n) is 12.5. The SMILES string of the molecule is c1cnc(N2CCCC2)c(NC2CCCCCCC2)c1. The van der Waals surface area contributed by atoms with Crippen LogP contribution in [0.5, 0.6) is 0 Å². The minimum atomic E-state index is 0.640. The summed E-state index contributed by atoms with van der Waals surface area (Å²) in [7, 11) is 0. The molecule has 0 aromatic carbocycles. The Hall–Kier alpha value is -1.25. The van der Waals surface area contributed by atoms with E-state index in [1.54, 1.807) is 0 Å². The molecule has 2 aliphatic rings. The Morgan fingerprint density at radius 2 is 1.65 bits per heavy atom. The molecule has 1 saturated heterocycles. The van der Waals surface area contributed by atoms with E-state index in [2.05, 4.69) is 27.3 Å².